The minimum Gasteiger partial charge on any atom is -0.361 e. The molecule has 2 heterocycles. The lowest BCUT2D eigenvalue weighted by Gasteiger charge is -2.11. The van der Waals surface area contributed by atoms with E-state index < -0.39 is 10.0 Å². The number of hydrogen-bond acceptors (Lipinski definition) is 3. The first kappa shape index (κ1) is 17.6. The van der Waals surface area contributed by atoms with Gasteiger partial charge < -0.3 is 10.3 Å². The summed E-state index contributed by atoms with van der Waals surface area (Å²) in [5.41, 5.74) is 2.80. The number of nitrogens with one attached hydrogen (secondary N) is 3. The molecule has 0 amide bonds. The SMILES string of the molecule is O=S(=O)(Nc1ccc2[nH]cc(C[C@@H]3CCCN3)c2c1)c1ccc(Br)cc1. The molecular weight excluding hydrogens is 414 g/mol. The van der Waals surface area contributed by atoms with E-state index in [1.165, 1.54) is 18.4 Å². The van der Waals surface area contributed by atoms with E-state index >= 15 is 0 Å². The van der Waals surface area contributed by atoms with Crippen molar-refractivity contribution < 1.29 is 8.42 Å². The number of rotatable bonds is 5. The van der Waals surface area contributed by atoms with Crippen molar-refractivity contribution in [2.24, 2.45) is 0 Å². The van der Waals surface area contributed by atoms with Crippen LogP contribution in [0.5, 0.6) is 0 Å². The second kappa shape index (κ2) is 7.06. The zero-order chi connectivity index (χ0) is 18.1. The van der Waals surface area contributed by atoms with Crippen molar-refractivity contribution in [3.8, 4) is 0 Å². The van der Waals surface area contributed by atoms with E-state index in [0.29, 0.717) is 11.7 Å². The molecule has 1 aliphatic heterocycles. The molecule has 2 aromatic carbocycles. The molecule has 136 valence electrons. The predicted octanol–water partition coefficient (Wildman–Crippen LogP) is 4.03. The molecule has 26 heavy (non-hydrogen) atoms. The van der Waals surface area contributed by atoms with Gasteiger partial charge in [0.15, 0.2) is 0 Å². The number of anilines is 1. The second-order valence-corrected chi connectivity index (χ2v) is 9.23. The normalized spacial score (nSPS) is 17.7. The minimum atomic E-state index is -3.61. The van der Waals surface area contributed by atoms with Crippen LogP contribution < -0.4 is 10.0 Å². The average molecular weight is 434 g/mol. The van der Waals surface area contributed by atoms with Crippen molar-refractivity contribution in [2.75, 3.05) is 11.3 Å². The summed E-state index contributed by atoms with van der Waals surface area (Å²) in [6.45, 7) is 1.07. The van der Waals surface area contributed by atoms with Gasteiger partial charge in [0.25, 0.3) is 10.0 Å². The maximum atomic E-state index is 12.6. The molecule has 0 bridgehead atoms. The monoisotopic (exact) mass is 433 g/mol. The van der Waals surface area contributed by atoms with Gasteiger partial charge in [0.2, 0.25) is 0 Å². The standard InChI is InChI=1S/C19H20BrN3O2S/c20-14-3-6-17(7-4-14)26(24,25)23-16-5-8-19-18(11-16)13(12-22-19)10-15-2-1-9-21-15/h3-8,11-12,15,21-23H,1-2,9-10H2/t15-/m0/s1. The van der Waals surface area contributed by atoms with E-state index in [1.54, 1.807) is 30.3 Å². The Morgan fingerprint density at radius 2 is 1.96 bits per heavy atom. The molecule has 0 spiro atoms. The van der Waals surface area contributed by atoms with Crippen LogP contribution in [0, 0.1) is 0 Å². The Balaban J connectivity index is 1.61. The Labute approximate surface area is 161 Å². The molecule has 1 aromatic heterocycles. The number of benzene rings is 2. The maximum Gasteiger partial charge on any atom is 0.261 e. The molecule has 5 nitrogen and oxygen atoms in total. The smallest absolute Gasteiger partial charge is 0.261 e. The topological polar surface area (TPSA) is 74.0 Å². The van der Waals surface area contributed by atoms with Crippen molar-refractivity contribution in [2.45, 2.75) is 30.2 Å². The summed E-state index contributed by atoms with van der Waals surface area (Å²) >= 11 is 3.32. The lowest BCUT2D eigenvalue weighted by molar-refractivity contribution is 0.601. The molecular formula is C19H20BrN3O2S. The Morgan fingerprint density at radius 3 is 2.69 bits per heavy atom. The Kier molecular flexibility index (Phi) is 4.77. The van der Waals surface area contributed by atoms with E-state index in [4.69, 9.17) is 0 Å². The van der Waals surface area contributed by atoms with E-state index in [2.05, 4.69) is 31.0 Å². The van der Waals surface area contributed by atoms with Crippen LogP contribution in [-0.2, 0) is 16.4 Å². The van der Waals surface area contributed by atoms with Gasteiger partial charge in [-0.3, -0.25) is 4.72 Å². The van der Waals surface area contributed by atoms with Crippen LogP contribution in [0.3, 0.4) is 0 Å². The van der Waals surface area contributed by atoms with Crippen molar-refractivity contribution in [1.29, 1.82) is 0 Å². The Bertz CT molecular complexity index is 1020. The van der Waals surface area contributed by atoms with Gasteiger partial charge >= 0.3 is 0 Å². The lowest BCUT2D eigenvalue weighted by atomic mass is 10.0. The highest BCUT2D eigenvalue weighted by atomic mass is 79.9. The molecule has 3 aromatic rings. The third-order valence-electron chi connectivity index (χ3n) is 4.77. The first-order valence-corrected chi connectivity index (χ1v) is 10.9. The van der Waals surface area contributed by atoms with Gasteiger partial charge in [0.05, 0.1) is 4.90 Å². The van der Waals surface area contributed by atoms with Crippen LogP contribution in [0.2, 0.25) is 0 Å². The number of H-pyrrole nitrogens is 1. The summed E-state index contributed by atoms with van der Waals surface area (Å²) in [6, 6.07) is 12.7. The molecule has 1 fully saturated rings. The first-order valence-electron chi connectivity index (χ1n) is 8.63. The number of halogens is 1. The summed E-state index contributed by atoms with van der Waals surface area (Å²) in [7, 11) is -3.61. The minimum absolute atomic E-state index is 0.241. The first-order chi connectivity index (χ1) is 12.5. The molecule has 1 atom stereocenters. The van der Waals surface area contributed by atoms with Gasteiger partial charge in [0.1, 0.15) is 0 Å². The van der Waals surface area contributed by atoms with Gasteiger partial charge in [-0.1, -0.05) is 15.9 Å². The largest absolute Gasteiger partial charge is 0.361 e. The molecule has 3 N–H and O–H groups in total. The van der Waals surface area contributed by atoms with Gasteiger partial charge in [-0.25, -0.2) is 8.42 Å². The van der Waals surface area contributed by atoms with Crippen LogP contribution in [0.15, 0.2) is 58.0 Å². The third kappa shape index (κ3) is 3.65. The van der Waals surface area contributed by atoms with Gasteiger partial charge in [-0.2, -0.15) is 0 Å². The molecule has 0 radical (unpaired) electrons. The number of hydrogen-bond donors (Lipinski definition) is 3. The second-order valence-electron chi connectivity index (χ2n) is 6.63. The predicted molar refractivity (Wildman–Crippen MR) is 108 cm³/mol. The van der Waals surface area contributed by atoms with Crippen LogP contribution >= 0.6 is 15.9 Å². The van der Waals surface area contributed by atoms with E-state index in [1.807, 2.05) is 18.3 Å². The van der Waals surface area contributed by atoms with Crippen LogP contribution in [0.1, 0.15) is 18.4 Å². The number of aromatic amines is 1. The van der Waals surface area contributed by atoms with Crippen molar-refractivity contribution in [3.05, 3.63) is 58.7 Å². The van der Waals surface area contributed by atoms with E-state index in [9.17, 15) is 8.42 Å². The van der Waals surface area contributed by atoms with Crippen LogP contribution in [0.25, 0.3) is 10.9 Å². The lowest BCUT2D eigenvalue weighted by Crippen LogP contribution is -2.23. The van der Waals surface area contributed by atoms with Crippen molar-refractivity contribution >= 4 is 42.5 Å². The Hall–Kier alpha value is -1.83. The quantitative estimate of drug-likeness (QED) is 0.568. The summed E-state index contributed by atoms with van der Waals surface area (Å²) in [5.74, 6) is 0. The molecule has 0 unspecified atom stereocenters. The highest BCUT2D eigenvalue weighted by Gasteiger charge is 2.18. The molecule has 0 saturated carbocycles. The molecule has 4 rings (SSSR count). The molecule has 1 aliphatic rings. The molecule has 1 saturated heterocycles. The molecule has 7 heteroatoms. The third-order valence-corrected chi connectivity index (χ3v) is 6.70. The van der Waals surface area contributed by atoms with Gasteiger partial charge in [-0.15, -0.1) is 0 Å². The fourth-order valence-corrected chi connectivity index (χ4v) is 4.75. The number of fused-ring (bicyclic) bond motifs is 1. The van der Waals surface area contributed by atoms with Gasteiger partial charge in [0, 0.05) is 33.3 Å². The summed E-state index contributed by atoms with van der Waals surface area (Å²) in [4.78, 5) is 3.52. The van der Waals surface area contributed by atoms with Crippen LogP contribution in [0.4, 0.5) is 5.69 Å². The van der Waals surface area contributed by atoms with Gasteiger partial charge in [-0.05, 0) is 73.8 Å². The summed E-state index contributed by atoms with van der Waals surface area (Å²) < 4.78 is 28.7. The molecule has 0 aliphatic carbocycles. The van der Waals surface area contributed by atoms with Crippen molar-refractivity contribution in [1.82, 2.24) is 10.3 Å². The van der Waals surface area contributed by atoms with E-state index in [-0.39, 0.29) is 4.90 Å². The highest BCUT2D eigenvalue weighted by molar-refractivity contribution is 9.10. The summed E-state index contributed by atoms with van der Waals surface area (Å²) in [6.07, 6.45) is 5.37. The summed E-state index contributed by atoms with van der Waals surface area (Å²) in [5, 5.41) is 4.57. The van der Waals surface area contributed by atoms with E-state index in [0.717, 1.165) is 28.3 Å². The zero-order valence-electron chi connectivity index (χ0n) is 14.1. The fourth-order valence-electron chi connectivity index (χ4n) is 3.44. The average Bonchev–Trinajstić information content (AvgIpc) is 3.26. The highest BCUT2D eigenvalue weighted by Crippen LogP contribution is 2.26. The number of aromatic nitrogens is 1. The maximum absolute atomic E-state index is 12.6. The fraction of sp³-hybridized carbons (Fsp3) is 0.263. The zero-order valence-corrected chi connectivity index (χ0v) is 16.5. The van der Waals surface area contributed by atoms with Crippen LogP contribution in [-0.4, -0.2) is 26.0 Å². The Morgan fingerprint density at radius 1 is 1.15 bits per heavy atom. The van der Waals surface area contributed by atoms with Crippen molar-refractivity contribution in [3.63, 3.8) is 0 Å². The number of sulfonamides is 1.